The van der Waals surface area contributed by atoms with Gasteiger partial charge in [-0.2, -0.15) is 0 Å². The van der Waals surface area contributed by atoms with Crippen LogP contribution in [0.2, 0.25) is 10.0 Å². The molecule has 2 aliphatic rings. The van der Waals surface area contributed by atoms with Crippen molar-refractivity contribution >= 4 is 50.5 Å². The molecule has 0 bridgehead atoms. The van der Waals surface area contributed by atoms with E-state index in [2.05, 4.69) is 16.5 Å². The summed E-state index contributed by atoms with van der Waals surface area (Å²) in [7, 11) is -3.98. The van der Waals surface area contributed by atoms with E-state index in [1.54, 1.807) is 12.1 Å². The minimum Gasteiger partial charge on any atom is -0.371 e. The Morgan fingerprint density at radius 2 is 1.67 bits per heavy atom. The number of halogens is 2. The lowest BCUT2D eigenvalue weighted by atomic mass is 9.97. The summed E-state index contributed by atoms with van der Waals surface area (Å²) in [5.41, 5.74) is 1.71. The van der Waals surface area contributed by atoms with Crippen molar-refractivity contribution in [2.45, 2.75) is 43.9 Å². The summed E-state index contributed by atoms with van der Waals surface area (Å²) in [4.78, 5) is 17.5. The van der Waals surface area contributed by atoms with Crippen LogP contribution in [0.1, 0.15) is 49.4 Å². The number of nitrogens with zero attached hydrogens (tertiary/aromatic N) is 2. The fourth-order valence-corrected chi connectivity index (χ4v) is 6.27. The third kappa shape index (κ3) is 5.58. The largest absolute Gasteiger partial charge is 0.371 e. The third-order valence-corrected chi connectivity index (χ3v) is 8.53. The van der Waals surface area contributed by atoms with Crippen molar-refractivity contribution in [3.8, 4) is 0 Å². The van der Waals surface area contributed by atoms with Crippen molar-refractivity contribution in [1.82, 2.24) is 4.90 Å². The van der Waals surface area contributed by atoms with Gasteiger partial charge in [0.25, 0.3) is 15.9 Å². The molecule has 0 saturated carbocycles. The molecule has 0 radical (unpaired) electrons. The molecule has 0 aliphatic carbocycles. The highest BCUT2D eigenvalue weighted by atomic mass is 35.5. The first-order valence-corrected chi connectivity index (χ1v) is 13.6. The maximum absolute atomic E-state index is 13.5. The van der Waals surface area contributed by atoms with Gasteiger partial charge in [-0.25, -0.2) is 8.42 Å². The lowest BCUT2D eigenvalue weighted by Gasteiger charge is -2.35. The Hall–Kier alpha value is -1.96. The molecule has 2 heterocycles. The molecule has 1 N–H and O–H groups in total. The van der Waals surface area contributed by atoms with E-state index in [0.29, 0.717) is 17.2 Å². The number of nitrogens with one attached hydrogen (secondary N) is 1. The minimum absolute atomic E-state index is 0.0508. The van der Waals surface area contributed by atoms with Gasteiger partial charge in [-0.05, 0) is 74.4 Å². The standard InChI is InChI=1S/C24H29Cl2N3O3S/c1-17-9-13-28(14-10-17)22-8-6-19(16-20(22)24(30)29-11-3-2-4-12-29)27-33(31,32)23-15-18(25)5-7-21(23)26/h5-8,15-17,27H,2-4,9-14H2,1H3. The zero-order valence-electron chi connectivity index (χ0n) is 18.7. The maximum atomic E-state index is 13.5. The highest BCUT2D eigenvalue weighted by molar-refractivity contribution is 7.92. The van der Waals surface area contributed by atoms with Crippen LogP contribution >= 0.6 is 23.2 Å². The van der Waals surface area contributed by atoms with Gasteiger partial charge in [0.2, 0.25) is 0 Å². The van der Waals surface area contributed by atoms with Crippen LogP contribution in [0.15, 0.2) is 41.3 Å². The smallest absolute Gasteiger partial charge is 0.263 e. The van der Waals surface area contributed by atoms with E-state index in [-0.39, 0.29) is 20.8 Å². The molecule has 2 aromatic carbocycles. The summed E-state index contributed by atoms with van der Waals surface area (Å²) < 4.78 is 28.6. The lowest BCUT2D eigenvalue weighted by Crippen LogP contribution is -2.38. The average molecular weight is 510 g/mol. The van der Waals surface area contributed by atoms with Gasteiger partial charge in [0, 0.05) is 42.6 Å². The number of carbonyl (C=O) groups is 1. The first-order valence-electron chi connectivity index (χ1n) is 11.4. The van der Waals surface area contributed by atoms with E-state index >= 15 is 0 Å². The van der Waals surface area contributed by atoms with Crippen LogP contribution in [0.25, 0.3) is 0 Å². The molecule has 178 valence electrons. The van der Waals surface area contributed by atoms with Crippen molar-refractivity contribution in [2.24, 2.45) is 5.92 Å². The van der Waals surface area contributed by atoms with Crippen LogP contribution in [0, 0.1) is 5.92 Å². The predicted molar refractivity (Wildman–Crippen MR) is 134 cm³/mol. The van der Waals surface area contributed by atoms with Crippen molar-refractivity contribution in [3.05, 3.63) is 52.0 Å². The second kappa shape index (κ2) is 10.1. The molecular weight excluding hydrogens is 481 g/mol. The molecule has 2 fully saturated rings. The zero-order chi connectivity index (χ0) is 23.6. The quantitative estimate of drug-likeness (QED) is 0.564. The van der Waals surface area contributed by atoms with Crippen LogP contribution in [-0.2, 0) is 10.0 Å². The van der Waals surface area contributed by atoms with Crippen LogP contribution in [0.4, 0.5) is 11.4 Å². The minimum atomic E-state index is -3.98. The van der Waals surface area contributed by atoms with Crippen LogP contribution in [0.3, 0.4) is 0 Å². The van der Waals surface area contributed by atoms with E-state index in [1.165, 1.54) is 18.2 Å². The van der Waals surface area contributed by atoms with Crippen LogP contribution in [-0.4, -0.2) is 45.4 Å². The van der Waals surface area contributed by atoms with Crippen molar-refractivity contribution in [3.63, 3.8) is 0 Å². The number of rotatable bonds is 5. The number of hydrogen-bond donors (Lipinski definition) is 1. The monoisotopic (exact) mass is 509 g/mol. The highest BCUT2D eigenvalue weighted by Gasteiger charge is 2.26. The van der Waals surface area contributed by atoms with E-state index in [9.17, 15) is 13.2 Å². The molecule has 6 nitrogen and oxygen atoms in total. The molecule has 0 atom stereocenters. The zero-order valence-corrected chi connectivity index (χ0v) is 21.0. The van der Waals surface area contributed by atoms with Crippen LogP contribution in [0.5, 0.6) is 0 Å². The van der Waals surface area contributed by atoms with Gasteiger partial charge < -0.3 is 9.80 Å². The number of carbonyl (C=O) groups excluding carboxylic acids is 1. The number of hydrogen-bond acceptors (Lipinski definition) is 4. The van der Waals surface area contributed by atoms with Gasteiger partial charge in [0.15, 0.2) is 0 Å². The first-order chi connectivity index (χ1) is 15.7. The number of benzene rings is 2. The van der Waals surface area contributed by atoms with E-state index in [0.717, 1.165) is 64.0 Å². The summed E-state index contributed by atoms with van der Waals surface area (Å²) in [6, 6.07) is 9.51. The van der Waals surface area contributed by atoms with Crippen LogP contribution < -0.4 is 9.62 Å². The lowest BCUT2D eigenvalue weighted by molar-refractivity contribution is 0.0725. The van der Waals surface area contributed by atoms with E-state index in [4.69, 9.17) is 23.2 Å². The summed E-state index contributed by atoms with van der Waals surface area (Å²) in [5.74, 6) is 0.612. The molecular formula is C24H29Cl2N3O3S. The van der Waals surface area contributed by atoms with Crippen molar-refractivity contribution in [2.75, 3.05) is 35.8 Å². The van der Waals surface area contributed by atoms with Gasteiger partial charge in [-0.15, -0.1) is 0 Å². The molecule has 0 unspecified atom stereocenters. The topological polar surface area (TPSA) is 69.7 Å². The number of likely N-dealkylation sites (tertiary alicyclic amines) is 1. The van der Waals surface area contributed by atoms with Gasteiger partial charge in [-0.1, -0.05) is 30.1 Å². The Morgan fingerprint density at radius 3 is 2.36 bits per heavy atom. The summed E-state index contributed by atoms with van der Waals surface area (Å²) in [6.45, 7) is 5.46. The third-order valence-electron chi connectivity index (χ3n) is 6.43. The Labute approximate surface area is 205 Å². The molecule has 2 aromatic rings. The second-order valence-corrected chi connectivity index (χ2v) is 11.4. The second-order valence-electron chi connectivity index (χ2n) is 8.93. The summed E-state index contributed by atoms with van der Waals surface area (Å²) in [6.07, 6.45) is 5.24. The Kier molecular flexibility index (Phi) is 7.41. The molecule has 2 saturated heterocycles. The Balaban J connectivity index is 1.68. The molecule has 0 spiro atoms. The number of sulfonamides is 1. The molecule has 33 heavy (non-hydrogen) atoms. The van der Waals surface area contributed by atoms with Gasteiger partial charge in [0.1, 0.15) is 4.90 Å². The average Bonchev–Trinajstić information content (AvgIpc) is 2.81. The fourth-order valence-electron chi connectivity index (χ4n) is 4.46. The Morgan fingerprint density at radius 1 is 0.970 bits per heavy atom. The van der Waals surface area contributed by atoms with Gasteiger partial charge in [0.05, 0.1) is 10.6 Å². The molecule has 9 heteroatoms. The highest BCUT2D eigenvalue weighted by Crippen LogP contribution is 2.32. The Bertz CT molecular complexity index is 1130. The van der Waals surface area contributed by atoms with E-state index in [1.807, 2.05) is 11.0 Å². The fraction of sp³-hybridized carbons (Fsp3) is 0.458. The number of amides is 1. The number of piperidine rings is 2. The van der Waals surface area contributed by atoms with Gasteiger partial charge >= 0.3 is 0 Å². The van der Waals surface area contributed by atoms with Crippen molar-refractivity contribution < 1.29 is 13.2 Å². The SMILES string of the molecule is CC1CCN(c2ccc(NS(=O)(=O)c3cc(Cl)ccc3Cl)cc2C(=O)N2CCCCC2)CC1. The summed E-state index contributed by atoms with van der Waals surface area (Å²) in [5, 5.41) is 0.353. The normalized spacial score (nSPS) is 17.8. The summed E-state index contributed by atoms with van der Waals surface area (Å²) >= 11 is 12.1. The van der Waals surface area contributed by atoms with Gasteiger partial charge in [-0.3, -0.25) is 9.52 Å². The maximum Gasteiger partial charge on any atom is 0.263 e. The van der Waals surface area contributed by atoms with Crippen molar-refractivity contribution in [1.29, 1.82) is 0 Å². The predicted octanol–water partition coefficient (Wildman–Crippen LogP) is 5.66. The number of anilines is 2. The molecule has 0 aromatic heterocycles. The molecule has 4 rings (SSSR count). The molecule has 2 aliphatic heterocycles. The van der Waals surface area contributed by atoms with E-state index < -0.39 is 10.0 Å². The first kappa shape index (κ1) is 24.2. The molecule has 1 amide bonds.